The molecular formula is C52H46N2OPS+. The third kappa shape index (κ3) is 6.57. The lowest BCUT2D eigenvalue weighted by atomic mass is 9.98. The predicted molar refractivity (Wildman–Crippen MR) is 245 cm³/mol. The Morgan fingerprint density at radius 1 is 0.632 bits per heavy atom. The predicted octanol–water partition coefficient (Wildman–Crippen LogP) is 9.44. The van der Waals surface area contributed by atoms with Crippen LogP contribution in [0, 0.1) is 20.8 Å². The van der Waals surface area contributed by atoms with Crippen molar-refractivity contribution in [3.63, 3.8) is 0 Å². The quantitative estimate of drug-likeness (QED) is 0.123. The van der Waals surface area contributed by atoms with Gasteiger partial charge < -0.3 is 14.7 Å². The van der Waals surface area contributed by atoms with E-state index in [0.29, 0.717) is 0 Å². The van der Waals surface area contributed by atoms with E-state index in [9.17, 15) is 0 Å². The maximum Gasteiger partial charge on any atom is 0.288 e. The molecule has 1 saturated heterocycles. The molecule has 1 heterocycles. The van der Waals surface area contributed by atoms with Crippen LogP contribution in [-0.2, 0) is 0 Å². The monoisotopic (exact) mass is 777 g/mol. The van der Waals surface area contributed by atoms with Gasteiger partial charge in [0.2, 0.25) is 0 Å². The molecule has 280 valence electrons. The van der Waals surface area contributed by atoms with Crippen molar-refractivity contribution in [3.8, 4) is 5.75 Å². The van der Waals surface area contributed by atoms with Gasteiger partial charge in [0.25, 0.3) is 7.49 Å². The molecule has 1 aliphatic heterocycles. The van der Waals surface area contributed by atoms with Crippen LogP contribution in [0.3, 0.4) is 0 Å². The van der Waals surface area contributed by atoms with Crippen molar-refractivity contribution < 1.29 is 4.52 Å². The van der Waals surface area contributed by atoms with Crippen molar-refractivity contribution in [3.05, 3.63) is 220 Å². The molecular weight excluding hydrogens is 732 g/mol. The summed E-state index contributed by atoms with van der Waals surface area (Å²) in [6, 6.07) is 61.7. The summed E-state index contributed by atoms with van der Waals surface area (Å²) in [6.45, 7) is 8.40. The Balaban J connectivity index is 1.49. The summed E-state index contributed by atoms with van der Waals surface area (Å²) in [5.74, 6) is 2.01. The first-order valence-corrected chi connectivity index (χ1v) is 22.6. The van der Waals surface area contributed by atoms with E-state index in [1.165, 1.54) is 60.7 Å². The fourth-order valence-electron chi connectivity index (χ4n) is 8.85. The fourth-order valence-corrected chi connectivity index (χ4v) is 13.1. The first-order chi connectivity index (χ1) is 28.0. The molecule has 0 aromatic heterocycles. The van der Waals surface area contributed by atoms with E-state index in [-0.39, 0.29) is 0 Å². The summed E-state index contributed by atoms with van der Waals surface area (Å²) in [4.78, 5) is 3.63. The van der Waals surface area contributed by atoms with Crippen LogP contribution in [0.2, 0.25) is 0 Å². The maximum atomic E-state index is 7.88. The topological polar surface area (TPSA) is 24.5 Å². The van der Waals surface area contributed by atoms with Gasteiger partial charge in [-0.05, 0) is 115 Å². The minimum Gasteiger partial charge on any atom is -0.369 e. The Morgan fingerprint density at radius 2 is 1.23 bits per heavy atom. The summed E-state index contributed by atoms with van der Waals surface area (Å²) >= 11 is 1.72. The third-order valence-electron chi connectivity index (χ3n) is 11.1. The molecule has 0 unspecified atom stereocenters. The zero-order valence-electron chi connectivity index (χ0n) is 32.9. The molecule has 9 rings (SSSR count). The lowest BCUT2D eigenvalue weighted by Gasteiger charge is -2.28. The molecule has 7 aromatic carbocycles. The second kappa shape index (κ2) is 15.6. The Bertz CT molecular complexity index is 2700. The molecule has 57 heavy (non-hydrogen) atoms. The van der Waals surface area contributed by atoms with E-state index in [0.717, 1.165) is 45.4 Å². The number of rotatable bonds is 8. The fraction of sp³-hybridized carbons (Fsp3) is 0.115. The molecule has 1 aliphatic carbocycles. The number of anilines is 1. The van der Waals surface area contributed by atoms with Gasteiger partial charge in [-0.15, -0.1) is 11.8 Å². The van der Waals surface area contributed by atoms with Crippen molar-refractivity contribution >= 4 is 57.8 Å². The van der Waals surface area contributed by atoms with Crippen LogP contribution in [0.5, 0.6) is 5.75 Å². The zero-order chi connectivity index (χ0) is 38.9. The largest absolute Gasteiger partial charge is 0.369 e. The van der Waals surface area contributed by atoms with Crippen LogP contribution in [-0.4, -0.2) is 19.3 Å². The third-order valence-corrected chi connectivity index (χ3v) is 15.5. The summed E-state index contributed by atoms with van der Waals surface area (Å²) in [5.41, 5.74) is 11.2. The number of benzene rings is 7. The molecule has 2 aliphatic rings. The molecule has 0 atom stereocenters. The molecule has 0 radical (unpaired) electrons. The number of para-hydroxylation sites is 1. The van der Waals surface area contributed by atoms with Crippen LogP contribution in [0.25, 0.3) is 17.0 Å². The van der Waals surface area contributed by atoms with Gasteiger partial charge in [0.15, 0.2) is 11.1 Å². The van der Waals surface area contributed by atoms with E-state index in [1.807, 2.05) is 0 Å². The number of nitrogens with zero attached hydrogens (tertiary/aromatic N) is 1. The maximum absolute atomic E-state index is 7.88. The van der Waals surface area contributed by atoms with Crippen molar-refractivity contribution in [1.29, 1.82) is 0 Å². The van der Waals surface area contributed by atoms with Crippen LogP contribution in [0.1, 0.15) is 33.4 Å². The highest BCUT2D eigenvalue weighted by Crippen LogP contribution is 2.56. The lowest BCUT2D eigenvalue weighted by Crippen LogP contribution is -2.50. The van der Waals surface area contributed by atoms with Crippen LogP contribution < -0.4 is 41.1 Å². The highest BCUT2D eigenvalue weighted by molar-refractivity contribution is 7.98. The van der Waals surface area contributed by atoms with E-state index in [2.05, 4.69) is 213 Å². The number of allylic oxidation sites excluding steroid dienone is 1. The number of fused-ring (bicyclic) bond motifs is 1. The number of aryl methyl sites for hydroxylation is 3. The summed E-state index contributed by atoms with van der Waals surface area (Å²) < 4.78 is 7.88. The van der Waals surface area contributed by atoms with Crippen molar-refractivity contribution in [2.75, 3.05) is 24.2 Å². The Hall–Kier alpha value is -5.80. The minimum absolute atomic E-state index is 0.845. The van der Waals surface area contributed by atoms with Crippen molar-refractivity contribution in [2.24, 2.45) is 0 Å². The molecule has 3 nitrogen and oxygen atoms in total. The van der Waals surface area contributed by atoms with Crippen LogP contribution in [0.4, 0.5) is 5.69 Å². The highest BCUT2D eigenvalue weighted by Gasteiger charge is 2.51. The van der Waals surface area contributed by atoms with Crippen LogP contribution >= 0.6 is 19.3 Å². The second-order valence-corrected chi connectivity index (χ2v) is 18.5. The summed E-state index contributed by atoms with van der Waals surface area (Å²) in [5, 5.41) is 9.79. The first kappa shape index (κ1) is 36.8. The molecule has 0 bridgehead atoms. The van der Waals surface area contributed by atoms with Gasteiger partial charge in [0.1, 0.15) is 16.4 Å². The minimum atomic E-state index is -2.92. The smallest absolute Gasteiger partial charge is 0.288 e. The normalized spacial score (nSPS) is 15.6. The molecule has 1 fully saturated rings. The Labute approximate surface area is 341 Å². The summed E-state index contributed by atoms with van der Waals surface area (Å²) in [6.07, 6.45) is 4.57. The Morgan fingerprint density at radius 3 is 1.89 bits per heavy atom. The second-order valence-electron chi connectivity index (χ2n) is 14.8. The lowest BCUT2D eigenvalue weighted by molar-refractivity contribution is 0.604. The first-order valence-electron chi connectivity index (χ1n) is 19.6. The number of hydrogen-bond acceptors (Lipinski definition) is 4. The molecule has 0 saturated carbocycles. The molecule has 0 amide bonds. The SMILES string of the molecule is CSc1ccccc1O[P+](c1ccccc1)(c1ccccc1)c1cccc(=C2NCCN2c2c(C)cc(C)cc2C)c1=C1C=C(c2ccccc2)c2ccccc21. The molecule has 7 aromatic rings. The molecule has 0 spiro atoms. The van der Waals surface area contributed by atoms with E-state index < -0.39 is 7.49 Å². The van der Waals surface area contributed by atoms with Gasteiger partial charge in [-0.25, -0.2) is 0 Å². The van der Waals surface area contributed by atoms with Crippen LogP contribution in [0.15, 0.2) is 181 Å². The Kier molecular flexibility index (Phi) is 10.1. The van der Waals surface area contributed by atoms with Gasteiger partial charge in [0, 0.05) is 29.2 Å². The summed E-state index contributed by atoms with van der Waals surface area (Å²) in [7, 11) is -2.92. The highest BCUT2D eigenvalue weighted by atomic mass is 32.2. The number of thioether (sulfide) groups is 1. The average Bonchev–Trinajstić information content (AvgIpc) is 3.89. The van der Waals surface area contributed by atoms with Crippen molar-refractivity contribution in [2.45, 2.75) is 25.7 Å². The molecule has 5 heteroatoms. The van der Waals surface area contributed by atoms with Gasteiger partial charge in [-0.2, -0.15) is 0 Å². The van der Waals surface area contributed by atoms with E-state index in [1.54, 1.807) is 11.8 Å². The van der Waals surface area contributed by atoms with Gasteiger partial charge in [-0.3, -0.25) is 0 Å². The average molecular weight is 778 g/mol. The van der Waals surface area contributed by atoms with Gasteiger partial charge in [0.05, 0.1) is 4.90 Å². The van der Waals surface area contributed by atoms with Gasteiger partial charge in [-0.1, -0.05) is 133 Å². The zero-order valence-corrected chi connectivity index (χ0v) is 34.6. The van der Waals surface area contributed by atoms with Crippen molar-refractivity contribution in [1.82, 2.24) is 5.32 Å². The van der Waals surface area contributed by atoms with E-state index >= 15 is 0 Å². The van der Waals surface area contributed by atoms with E-state index in [4.69, 9.17) is 4.52 Å². The number of hydrogen-bond donors (Lipinski definition) is 1. The standard InChI is InChI=1S/C52H46N2OPS/c1-36-33-37(2)51(38(3)34-36)54-32-31-53-52(54)44-27-18-29-48(50(44)46-35-45(39-19-8-5-9-20-39)42-25-14-15-26-43(42)46)56(40-21-10-6-11-22-40,41-23-12-7-13-24-41)55-47-28-16-17-30-49(47)57-4/h5-30,33-35,53H,31-32H2,1-4H3/q+1. The molecule has 1 N–H and O–H groups in total. The number of nitrogens with one attached hydrogen (secondary N) is 1. The van der Waals surface area contributed by atoms with Gasteiger partial charge >= 0.3 is 0 Å².